The number of nitrogens with zero attached hydrogens (tertiary/aromatic N) is 1. The Labute approximate surface area is 117 Å². The van der Waals surface area contributed by atoms with Crippen LogP contribution in [0.25, 0.3) is 0 Å². The van der Waals surface area contributed by atoms with Gasteiger partial charge in [-0.05, 0) is 44.2 Å². The van der Waals surface area contributed by atoms with Gasteiger partial charge < -0.3 is 10.5 Å². The van der Waals surface area contributed by atoms with E-state index in [1.807, 2.05) is 0 Å². The third kappa shape index (κ3) is 3.07. The minimum Gasteiger partial charge on any atom is -0.459 e. The number of carbonyl (C=O) groups excluding carboxylic acids is 1. The number of anilines is 1. The maximum Gasteiger partial charge on any atom is 0.340 e. The number of carbonyl (C=O) groups is 1. The molecule has 1 fully saturated rings. The van der Waals surface area contributed by atoms with Crippen LogP contribution in [0.1, 0.15) is 48.0 Å². The van der Waals surface area contributed by atoms with Gasteiger partial charge in [0, 0.05) is 6.07 Å². The molecule has 0 aromatic heterocycles. The highest BCUT2D eigenvalue weighted by molar-refractivity contribution is 5.97. The Morgan fingerprint density at radius 1 is 1.35 bits per heavy atom. The van der Waals surface area contributed by atoms with Gasteiger partial charge in [-0.1, -0.05) is 6.42 Å². The Kier molecular flexibility index (Phi) is 4.22. The van der Waals surface area contributed by atoms with Gasteiger partial charge in [-0.25, -0.2) is 4.79 Å². The van der Waals surface area contributed by atoms with Gasteiger partial charge in [0.2, 0.25) is 0 Å². The molecule has 1 aromatic carbocycles. The first-order valence-corrected chi connectivity index (χ1v) is 6.74. The lowest BCUT2D eigenvalue weighted by Gasteiger charge is -2.22. The second-order valence-corrected chi connectivity index (χ2v) is 5.17. The number of nitrogens with two attached hydrogens (primary N) is 1. The predicted molar refractivity (Wildman–Crippen MR) is 74.5 cm³/mol. The summed E-state index contributed by atoms with van der Waals surface area (Å²) in [6, 6.07) is 2.89. The van der Waals surface area contributed by atoms with Crippen molar-refractivity contribution in [1.82, 2.24) is 0 Å². The Morgan fingerprint density at radius 2 is 2.00 bits per heavy atom. The highest BCUT2D eigenvalue weighted by atomic mass is 16.6. The zero-order valence-electron chi connectivity index (χ0n) is 11.4. The zero-order chi connectivity index (χ0) is 14.7. The molecule has 20 heavy (non-hydrogen) atoms. The van der Waals surface area contributed by atoms with Crippen molar-refractivity contribution in [3.8, 4) is 0 Å². The number of hydrogen-bond acceptors (Lipinski definition) is 5. The van der Waals surface area contributed by atoms with Crippen LogP contribution >= 0.6 is 0 Å². The fourth-order valence-corrected chi connectivity index (χ4v) is 2.50. The first kappa shape index (κ1) is 14.3. The number of rotatable bonds is 3. The lowest BCUT2D eigenvalue weighted by molar-refractivity contribution is -0.384. The van der Waals surface area contributed by atoms with Crippen LogP contribution in [-0.4, -0.2) is 17.0 Å². The quantitative estimate of drug-likeness (QED) is 0.397. The van der Waals surface area contributed by atoms with Crippen molar-refractivity contribution < 1.29 is 14.5 Å². The molecule has 0 spiro atoms. The topological polar surface area (TPSA) is 95.5 Å². The molecule has 0 heterocycles. The van der Waals surface area contributed by atoms with Gasteiger partial charge >= 0.3 is 5.97 Å². The minimum absolute atomic E-state index is 0.0854. The lowest BCUT2D eigenvalue weighted by atomic mass is 9.97. The minimum atomic E-state index is -0.584. The summed E-state index contributed by atoms with van der Waals surface area (Å²) in [6.07, 6.45) is 4.84. The number of nitrogen functional groups attached to an aromatic ring is 1. The largest absolute Gasteiger partial charge is 0.459 e. The SMILES string of the molecule is Cc1cc(C(=O)OC2CCCCC2)c(N)c([N+](=O)[O-])c1. The molecule has 2 N–H and O–H groups in total. The predicted octanol–water partition coefficient (Wildman–Crippen LogP) is 2.97. The Balaban J connectivity index is 2.22. The molecule has 0 unspecified atom stereocenters. The molecule has 0 atom stereocenters. The van der Waals surface area contributed by atoms with E-state index in [2.05, 4.69) is 0 Å². The maximum atomic E-state index is 12.1. The molecule has 1 aliphatic carbocycles. The number of nitro groups is 1. The van der Waals surface area contributed by atoms with Gasteiger partial charge in [0.25, 0.3) is 5.69 Å². The Bertz CT molecular complexity index is 536. The van der Waals surface area contributed by atoms with E-state index in [4.69, 9.17) is 10.5 Å². The standard InChI is InChI=1S/C14H18N2O4/c1-9-7-11(13(15)12(8-9)16(18)19)14(17)20-10-5-3-2-4-6-10/h7-8,10H,2-6,15H2,1H3. The van der Waals surface area contributed by atoms with E-state index in [0.717, 1.165) is 32.1 Å². The summed E-state index contributed by atoms with van der Waals surface area (Å²) in [7, 11) is 0. The summed E-state index contributed by atoms with van der Waals surface area (Å²) in [6.45, 7) is 1.68. The van der Waals surface area contributed by atoms with Crippen molar-refractivity contribution in [2.45, 2.75) is 45.1 Å². The van der Waals surface area contributed by atoms with E-state index in [1.165, 1.54) is 12.1 Å². The highest BCUT2D eigenvalue weighted by Gasteiger charge is 2.24. The van der Waals surface area contributed by atoms with Crippen molar-refractivity contribution in [1.29, 1.82) is 0 Å². The van der Waals surface area contributed by atoms with Crippen LogP contribution in [-0.2, 0) is 4.74 Å². The van der Waals surface area contributed by atoms with E-state index in [1.54, 1.807) is 6.92 Å². The van der Waals surface area contributed by atoms with Crippen molar-refractivity contribution in [3.63, 3.8) is 0 Å². The highest BCUT2D eigenvalue weighted by Crippen LogP contribution is 2.29. The summed E-state index contributed by atoms with van der Waals surface area (Å²) in [5, 5.41) is 10.9. The van der Waals surface area contributed by atoms with Crippen molar-refractivity contribution in [2.24, 2.45) is 0 Å². The van der Waals surface area contributed by atoms with E-state index >= 15 is 0 Å². The number of esters is 1. The van der Waals surface area contributed by atoms with Crippen LogP contribution in [0.4, 0.5) is 11.4 Å². The molecule has 1 aliphatic rings. The summed E-state index contributed by atoms with van der Waals surface area (Å²) in [5.74, 6) is -0.568. The number of hydrogen-bond donors (Lipinski definition) is 1. The molecule has 2 rings (SSSR count). The van der Waals surface area contributed by atoms with Crippen LogP contribution in [0, 0.1) is 17.0 Å². The van der Waals surface area contributed by atoms with E-state index in [0.29, 0.717) is 5.56 Å². The number of aryl methyl sites for hydroxylation is 1. The molecular weight excluding hydrogens is 260 g/mol. The number of ether oxygens (including phenoxy) is 1. The second-order valence-electron chi connectivity index (χ2n) is 5.17. The lowest BCUT2D eigenvalue weighted by Crippen LogP contribution is -2.21. The van der Waals surface area contributed by atoms with Crippen LogP contribution in [0.5, 0.6) is 0 Å². The fraction of sp³-hybridized carbons (Fsp3) is 0.500. The third-order valence-corrected chi connectivity index (χ3v) is 3.55. The summed E-state index contributed by atoms with van der Waals surface area (Å²) < 4.78 is 5.41. The molecule has 1 saturated carbocycles. The van der Waals surface area contributed by atoms with Crippen molar-refractivity contribution in [2.75, 3.05) is 5.73 Å². The summed E-state index contributed by atoms with van der Waals surface area (Å²) in [4.78, 5) is 22.5. The zero-order valence-corrected chi connectivity index (χ0v) is 11.4. The first-order valence-electron chi connectivity index (χ1n) is 6.74. The molecule has 0 radical (unpaired) electrons. The van der Waals surface area contributed by atoms with Gasteiger partial charge in [0.05, 0.1) is 10.5 Å². The van der Waals surface area contributed by atoms with Gasteiger partial charge in [0.1, 0.15) is 11.8 Å². The molecular formula is C14H18N2O4. The molecule has 6 nitrogen and oxygen atoms in total. The number of benzene rings is 1. The van der Waals surface area contributed by atoms with Gasteiger partial charge in [-0.15, -0.1) is 0 Å². The van der Waals surface area contributed by atoms with Crippen LogP contribution in [0.3, 0.4) is 0 Å². The van der Waals surface area contributed by atoms with Crippen molar-refractivity contribution >= 4 is 17.3 Å². The Morgan fingerprint density at radius 3 is 2.60 bits per heavy atom. The molecule has 6 heteroatoms. The van der Waals surface area contributed by atoms with Crippen molar-refractivity contribution in [3.05, 3.63) is 33.4 Å². The molecule has 0 aliphatic heterocycles. The van der Waals surface area contributed by atoms with E-state index in [9.17, 15) is 14.9 Å². The number of nitro benzene ring substituents is 1. The molecule has 0 amide bonds. The fourth-order valence-electron chi connectivity index (χ4n) is 2.50. The third-order valence-electron chi connectivity index (χ3n) is 3.55. The summed E-state index contributed by atoms with van der Waals surface area (Å²) in [5.41, 5.74) is 6.04. The normalized spacial score (nSPS) is 15.8. The second kappa shape index (κ2) is 5.90. The molecule has 0 bridgehead atoms. The van der Waals surface area contributed by atoms with E-state index < -0.39 is 10.9 Å². The maximum absolute atomic E-state index is 12.1. The monoisotopic (exact) mass is 278 g/mol. The van der Waals surface area contributed by atoms with Gasteiger partial charge in [-0.2, -0.15) is 0 Å². The summed E-state index contributed by atoms with van der Waals surface area (Å²) >= 11 is 0. The molecule has 1 aromatic rings. The van der Waals surface area contributed by atoms with E-state index in [-0.39, 0.29) is 23.0 Å². The average Bonchev–Trinajstić information content (AvgIpc) is 2.41. The Hall–Kier alpha value is -2.11. The van der Waals surface area contributed by atoms with Crippen LogP contribution in [0.15, 0.2) is 12.1 Å². The molecule has 108 valence electrons. The molecule has 0 saturated heterocycles. The van der Waals surface area contributed by atoms with Gasteiger partial charge in [-0.3, -0.25) is 10.1 Å². The van der Waals surface area contributed by atoms with Crippen LogP contribution < -0.4 is 5.73 Å². The smallest absolute Gasteiger partial charge is 0.340 e. The first-order chi connectivity index (χ1) is 9.49. The average molecular weight is 278 g/mol. The van der Waals surface area contributed by atoms with Crippen LogP contribution in [0.2, 0.25) is 0 Å². The van der Waals surface area contributed by atoms with Gasteiger partial charge in [0.15, 0.2) is 0 Å².